The second-order valence-corrected chi connectivity index (χ2v) is 5.86. The van der Waals surface area contributed by atoms with Crippen LogP contribution in [0.25, 0.3) is 0 Å². The molecule has 0 aromatic heterocycles. The number of amides is 1. The molecule has 3 rings (SSSR count). The molecule has 1 aliphatic carbocycles. The molecule has 0 radical (unpaired) electrons. The molecule has 0 spiro atoms. The summed E-state index contributed by atoms with van der Waals surface area (Å²) in [6.45, 7) is 1.65. The maximum absolute atomic E-state index is 12.2. The molecular formula is C15H14ClNO4. The van der Waals surface area contributed by atoms with E-state index in [-0.39, 0.29) is 11.8 Å². The van der Waals surface area contributed by atoms with Crippen LogP contribution in [-0.4, -0.2) is 40.1 Å². The van der Waals surface area contributed by atoms with Crippen molar-refractivity contribution in [3.63, 3.8) is 0 Å². The van der Waals surface area contributed by atoms with Crippen LogP contribution in [-0.2, 0) is 14.3 Å². The van der Waals surface area contributed by atoms with Crippen molar-refractivity contribution in [1.29, 1.82) is 0 Å². The van der Waals surface area contributed by atoms with Crippen LogP contribution in [0.15, 0.2) is 35.3 Å². The number of hydrogen-bond donors (Lipinski definition) is 2. The fraction of sp³-hybridized carbons (Fsp3) is 0.467. The van der Waals surface area contributed by atoms with Crippen LogP contribution in [0.4, 0.5) is 0 Å². The Balaban J connectivity index is 2.05. The first-order valence-electron chi connectivity index (χ1n) is 6.65. The molecule has 4 atom stereocenters. The minimum atomic E-state index is -1.48. The van der Waals surface area contributed by atoms with Crippen LogP contribution in [0.2, 0.25) is 0 Å². The summed E-state index contributed by atoms with van der Waals surface area (Å²) < 4.78 is 5.27. The second kappa shape index (κ2) is 4.62. The normalized spacial score (nSPS) is 37.5. The van der Waals surface area contributed by atoms with Crippen LogP contribution in [0.1, 0.15) is 13.3 Å². The summed E-state index contributed by atoms with van der Waals surface area (Å²) in [5, 5.41) is 13.3. The molecule has 0 aromatic carbocycles. The monoisotopic (exact) mass is 307 g/mol. The Kier molecular flexibility index (Phi) is 3.12. The Hall–Kier alpha value is -1.77. The van der Waals surface area contributed by atoms with Gasteiger partial charge in [0.25, 0.3) is 0 Å². The first-order chi connectivity index (χ1) is 9.97. The van der Waals surface area contributed by atoms with Gasteiger partial charge < -0.3 is 15.2 Å². The van der Waals surface area contributed by atoms with E-state index >= 15 is 0 Å². The number of halogens is 1. The predicted molar refractivity (Wildman–Crippen MR) is 74.5 cm³/mol. The van der Waals surface area contributed by atoms with E-state index in [4.69, 9.17) is 16.3 Å². The van der Waals surface area contributed by atoms with Crippen molar-refractivity contribution < 1.29 is 19.4 Å². The van der Waals surface area contributed by atoms with E-state index in [1.54, 1.807) is 25.2 Å². The fourth-order valence-corrected chi connectivity index (χ4v) is 3.51. The van der Waals surface area contributed by atoms with Gasteiger partial charge in [0.15, 0.2) is 5.60 Å². The van der Waals surface area contributed by atoms with Gasteiger partial charge in [0.2, 0.25) is 11.4 Å². The number of fused-ring (bicyclic) bond motifs is 1. The van der Waals surface area contributed by atoms with Crippen molar-refractivity contribution in [3.05, 3.63) is 35.3 Å². The molecule has 0 aromatic rings. The van der Waals surface area contributed by atoms with Crippen LogP contribution in [0.5, 0.6) is 0 Å². The third-order valence-electron chi connectivity index (χ3n) is 4.49. The van der Waals surface area contributed by atoms with E-state index in [9.17, 15) is 14.7 Å². The van der Waals surface area contributed by atoms with Gasteiger partial charge in [0, 0.05) is 11.5 Å². The van der Waals surface area contributed by atoms with E-state index < -0.39 is 29.1 Å². The summed E-state index contributed by atoms with van der Waals surface area (Å²) in [6, 6.07) is 0. The minimum absolute atomic E-state index is 0.267. The summed E-state index contributed by atoms with van der Waals surface area (Å²) in [4.78, 5) is 24.3. The largest absolute Gasteiger partial charge is 0.453 e. The number of carbonyl (C=O) groups excluding carboxylic acids is 2. The number of carbonyl (C=O) groups is 2. The summed E-state index contributed by atoms with van der Waals surface area (Å²) in [5.41, 5.74) is 3.28. The number of rotatable bonds is 4. The van der Waals surface area contributed by atoms with Crippen LogP contribution >= 0.6 is 11.6 Å². The van der Waals surface area contributed by atoms with Crippen molar-refractivity contribution in [2.24, 2.45) is 5.92 Å². The third kappa shape index (κ3) is 1.63. The number of aliphatic hydroxyl groups is 1. The van der Waals surface area contributed by atoms with Crippen LogP contribution in [0, 0.1) is 5.92 Å². The van der Waals surface area contributed by atoms with Gasteiger partial charge in [-0.05, 0) is 25.5 Å². The summed E-state index contributed by atoms with van der Waals surface area (Å²) in [6.07, 6.45) is 4.07. The van der Waals surface area contributed by atoms with Crippen LogP contribution in [0.3, 0.4) is 0 Å². The summed E-state index contributed by atoms with van der Waals surface area (Å²) >= 11 is 5.73. The Morgan fingerprint density at radius 2 is 2.33 bits per heavy atom. The standard InChI is InChI=1S/C15H14ClNO4/c1-14-10(7-8-16)12(19)17-15(14,13(20)21-14)11(18)9-5-3-2-4-6-9/h2-3,5,10-11,18H,7-8H2,1H3,(H,17,19)/t10-,11+,14-,15-/m0/s1. The number of hydrogen-bond acceptors (Lipinski definition) is 4. The van der Waals surface area contributed by atoms with Gasteiger partial charge in [0.05, 0.1) is 5.92 Å². The lowest BCUT2D eigenvalue weighted by Crippen LogP contribution is -2.79. The number of ether oxygens (including phenoxy) is 1. The van der Waals surface area contributed by atoms with Gasteiger partial charge in [-0.1, -0.05) is 17.5 Å². The molecule has 21 heavy (non-hydrogen) atoms. The SMILES string of the molecule is C[C@@]12OC(=O)[C@]1([C@H](O)C1=C=C=CC=C1)NC(=O)[C@@H]2CCCl. The molecular weight excluding hydrogens is 294 g/mol. The number of aliphatic hydroxyl groups excluding tert-OH is 1. The molecule has 2 heterocycles. The van der Waals surface area contributed by atoms with Gasteiger partial charge in [-0.3, -0.25) is 4.79 Å². The van der Waals surface area contributed by atoms with Crippen molar-refractivity contribution >= 4 is 23.5 Å². The van der Waals surface area contributed by atoms with E-state index in [2.05, 4.69) is 16.8 Å². The lowest BCUT2D eigenvalue weighted by molar-refractivity contribution is -0.231. The van der Waals surface area contributed by atoms with E-state index in [1.165, 1.54) is 0 Å². The Labute approximate surface area is 126 Å². The third-order valence-corrected chi connectivity index (χ3v) is 4.70. The molecule has 3 aliphatic rings. The molecule has 0 saturated carbocycles. The van der Waals surface area contributed by atoms with Gasteiger partial charge in [-0.2, -0.15) is 0 Å². The summed E-state index contributed by atoms with van der Waals surface area (Å²) in [7, 11) is 0. The highest BCUT2D eigenvalue weighted by atomic mass is 35.5. The zero-order valence-electron chi connectivity index (χ0n) is 11.4. The molecule has 2 aliphatic heterocycles. The van der Waals surface area contributed by atoms with E-state index in [0.717, 1.165) is 0 Å². The summed E-state index contributed by atoms with van der Waals surface area (Å²) in [5.74, 6) is -1.28. The zero-order valence-corrected chi connectivity index (χ0v) is 12.1. The van der Waals surface area contributed by atoms with Crippen molar-refractivity contribution in [2.75, 3.05) is 5.88 Å². The highest BCUT2D eigenvalue weighted by Gasteiger charge is 2.79. The quantitative estimate of drug-likeness (QED) is 0.453. The van der Waals surface area contributed by atoms with Crippen LogP contribution < -0.4 is 5.32 Å². The molecule has 110 valence electrons. The topological polar surface area (TPSA) is 75.6 Å². The number of alkyl halides is 1. The molecule has 5 nitrogen and oxygen atoms in total. The Bertz CT molecular complexity index is 657. The molecule has 2 saturated heterocycles. The Morgan fingerprint density at radius 1 is 1.57 bits per heavy atom. The smallest absolute Gasteiger partial charge is 0.339 e. The van der Waals surface area contributed by atoms with Crippen molar-refractivity contribution in [1.82, 2.24) is 5.32 Å². The molecule has 0 bridgehead atoms. The lowest BCUT2D eigenvalue weighted by atomic mass is 9.66. The molecule has 1 amide bonds. The Morgan fingerprint density at radius 3 is 2.90 bits per heavy atom. The lowest BCUT2D eigenvalue weighted by Gasteiger charge is -2.53. The fourth-order valence-electron chi connectivity index (χ4n) is 3.29. The average molecular weight is 308 g/mol. The van der Waals surface area contributed by atoms with Crippen molar-refractivity contribution in [2.45, 2.75) is 30.6 Å². The maximum Gasteiger partial charge on any atom is 0.339 e. The molecule has 2 N–H and O–H groups in total. The van der Waals surface area contributed by atoms with E-state index in [1.807, 2.05) is 0 Å². The number of nitrogens with one attached hydrogen (secondary N) is 1. The highest BCUT2D eigenvalue weighted by Crippen LogP contribution is 2.52. The molecule has 6 heteroatoms. The maximum atomic E-state index is 12.2. The van der Waals surface area contributed by atoms with Gasteiger partial charge in [0.1, 0.15) is 6.10 Å². The van der Waals surface area contributed by atoms with E-state index in [0.29, 0.717) is 12.0 Å². The second-order valence-electron chi connectivity index (χ2n) is 5.48. The van der Waals surface area contributed by atoms with Gasteiger partial charge >= 0.3 is 5.97 Å². The van der Waals surface area contributed by atoms with Gasteiger partial charge in [-0.15, -0.1) is 11.6 Å². The predicted octanol–water partition coefficient (Wildman–Crippen LogP) is 0.583. The average Bonchev–Trinajstić information content (AvgIpc) is 2.65. The first-order valence-corrected chi connectivity index (χ1v) is 7.18. The molecule has 2 fully saturated rings. The zero-order chi connectivity index (χ0) is 15.3. The van der Waals surface area contributed by atoms with Crippen molar-refractivity contribution in [3.8, 4) is 0 Å². The van der Waals surface area contributed by atoms with Gasteiger partial charge in [-0.25, -0.2) is 4.79 Å². The number of esters is 1. The molecule has 0 unspecified atom stereocenters. The number of allylic oxidation sites excluding steroid dienone is 2. The highest BCUT2D eigenvalue weighted by molar-refractivity contribution is 6.18. The minimum Gasteiger partial charge on any atom is -0.453 e. The first kappa shape index (κ1) is 14.2.